The van der Waals surface area contributed by atoms with Gasteiger partial charge in [-0.1, -0.05) is 50.0 Å². The largest absolute Gasteiger partial charge is 0.483 e. The van der Waals surface area contributed by atoms with Crippen LogP contribution in [0.2, 0.25) is 25.7 Å². The molecule has 0 spiro atoms. The molecule has 1 N–H and O–H groups in total. The molecule has 54 heavy (non-hydrogen) atoms. The lowest BCUT2D eigenvalue weighted by atomic mass is 10.0. The highest BCUT2D eigenvalue weighted by Gasteiger charge is 2.38. The van der Waals surface area contributed by atoms with Crippen LogP contribution in [0.1, 0.15) is 89.7 Å². The zero-order valence-electron chi connectivity index (χ0n) is 32.1. The third-order valence-corrected chi connectivity index (χ3v) is 12.3. The van der Waals surface area contributed by atoms with Gasteiger partial charge in [-0.15, -0.1) is 0 Å². The van der Waals surface area contributed by atoms with E-state index in [1.807, 2.05) is 53.3 Å². The summed E-state index contributed by atoms with van der Waals surface area (Å²) in [6.45, 7) is 12.8. The second-order valence-corrected chi connectivity index (χ2v) is 22.2. The molecule has 2 saturated carbocycles. The summed E-state index contributed by atoms with van der Waals surface area (Å²) in [6.07, 6.45) is 7.71. The summed E-state index contributed by atoms with van der Waals surface area (Å²) in [5, 5.41) is 3.07. The van der Waals surface area contributed by atoms with E-state index in [4.69, 9.17) is 19.4 Å². The maximum Gasteiger partial charge on any atom is 0.274 e. The monoisotopic (exact) mass is 752 g/mol. The molecule has 2 fully saturated rings. The molecule has 4 aromatic rings. The number of carbonyl (C=O) groups excluding carboxylic acids is 3. The summed E-state index contributed by atoms with van der Waals surface area (Å²) in [6, 6.07) is 11.3. The topological polar surface area (TPSA) is 138 Å². The number of aromatic nitrogens is 4. The smallest absolute Gasteiger partial charge is 0.274 e. The Labute approximate surface area is 317 Å². The van der Waals surface area contributed by atoms with Crippen LogP contribution < -0.4 is 15.5 Å². The summed E-state index contributed by atoms with van der Waals surface area (Å²) in [5.41, 5.74) is 3.69. The highest BCUT2D eigenvalue weighted by molar-refractivity contribution is 6.76. The van der Waals surface area contributed by atoms with Crippen LogP contribution >= 0.6 is 0 Å². The number of benzene rings is 1. The van der Waals surface area contributed by atoms with Gasteiger partial charge in [0.1, 0.15) is 18.9 Å². The van der Waals surface area contributed by atoms with Crippen molar-refractivity contribution in [3.05, 3.63) is 87.2 Å². The van der Waals surface area contributed by atoms with E-state index in [-0.39, 0.29) is 67.2 Å². The minimum atomic E-state index is -1.27. The Balaban J connectivity index is 1.10. The highest BCUT2D eigenvalue weighted by Crippen LogP contribution is 2.39. The van der Waals surface area contributed by atoms with Gasteiger partial charge in [-0.05, 0) is 63.5 Å². The van der Waals surface area contributed by atoms with Gasteiger partial charge >= 0.3 is 0 Å². The molecule has 0 saturated heterocycles. The van der Waals surface area contributed by atoms with Crippen molar-refractivity contribution in [3.8, 4) is 5.75 Å². The molecular weight excluding hydrogens is 701 g/mol. The number of ketones is 1. The second-order valence-electron chi connectivity index (χ2n) is 16.6. The Kier molecular flexibility index (Phi) is 10.9. The third-order valence-electron chi connectivity index (χ3n) is 10.6. The van der Waals surface area contributed by atoms with Crippen LogP contribution in [0.15, 0.2) is 53.6 Å². The molecule has 7 rings (SSSR count). The molecule has 0 radical (unpaired) electrons. The lowest BCUT2D eigenvalue weighted by Gasteiger charge is -2.35. The minimum Gasteiger partial charge on any atom is -0.483 e. The summed E-state index contributed by atoms with van der Waals surface area (Å²) < 4.78 is 15.8. The second kappa shape index (κ2) is 15.6. The van der Waals surface area contributed by atoms with Crippen molar-refractivity contribution in [1.82, 2.24) is 29.3 Å². The molecule has 2 aliphatic carbocycles. The van der Waals surface area contributed by atoms with Crippen molar-refractivity contribution in [2.24, 2.45) is 5.92 Å². The lowest BCUT2D eigenvalue weighted by Crippen LogP contribution is -2.46. The number of nitrogens with zero attached hydrogens (tertiary/aromatic N) is 5. The van der Waals surface area contributed by atoms with Gasteiger partial charge in [0, 0.05) is 64.1 Å². The van der Waals surface area contributed by atoms with Gasteiger partial charge in [-0.25, -0.2) is 9.97 Å². The number of amides is 2. The number of Topliss-reactive ketones (excluding diaryl/α,β-unsaturated/α-hetero) is 1. The normalized spacial score (nSPS) is 16.5. The van der Waals surface area contributed by atoms with E-state index < -0.39 is 19.5 Å². The van der Waals surface area contributed by atoms with Crippen molar-refractivity contribution in [2.45, 2.75) is 116 Å². The average molecular weight is 753 g/mol. The van der Waals surface area contributed by atoms with E-state index in [1.165, 1.54) is 6.07 Å². The maximum atomic E-state index is 14.0. The molecule has 3 aromatic heterocycles. The fourth-order valence-electron chi connectivity index (χ4n) is 7.12. The van der Waals surface area contributed by atoms with Crippen molar-refractivity contribution >= 4 is 36.8 Å². The standard InChI is InChI=1S/C41H52N6O6Si/c1-26(2)46-17-18-47-30(21-34(49)38(37(47)41(46)51)53-24-27-9-7-6-8-10-27)15-16-33(48)35(29-13-14-29)44-40(50)31-23-45(25-52-19-20-54(3,4)5)39-36(31)43-32(22-42-39)28-11-12-28/h6-10,21-23,26,28-29,35H,11-20,24-25H2,1-5H3,(H,44,50)/t35-/m1/s1. The molecule has 0 unspecified atom stereocenters. The minimum absolute atomic E-state index is 0.0287. The Morgan fingerprint density at radius 1 is 1.04 bits per heavy atom. The van der Waals surface area contributed by atoms with Crippen LogP contribution in [-0.4, -0.2) is 74.9 Å². The number of pyridine rings is 1. The van der Waals surface area contributed by atoms with E-state index in [0.29, 0.717) is 48.0 Å². The first kappa shape index (κ1) is 37.7. The predicted octanol–water partition coefficient (Wildman–Crippen LogP) is 5.94. The van der Waals surface area contributed by atoms with Gasteiger partial charge in [0.15, 0.2) is 22.9 Å². The van der Waals surface area contributed by atoms with Gasteiger partial charge in [-0.3, -0.25) is 19.2 Å². The summed E-state index contributed by atoms with van der Waals surface area (Å²) in [5.74, 6) is -0.296. The Hall–Kier alpha value is -4.62. The number of hydrogen-bond acceptors (Lipinski definition) is 8. The van der Waals surface area contributed by atoms with Crippen molar-refractivity contribution in [1.29, 1.82) is 0 Å². The Morgan fingerprint density at radius 3 is 2.48 bits per heavy atom. The third kappa shape index (κ3) is 8.52. The van der Waals surface area contributed by atoms with Crippen molar-refractivity contribution in [3.63, 3.8) is 0 Å². The number of ether oxygens (including phenoxy) is 2. The first-order valence-corrected chi connectivity index (χ1v) is 23.1. The first-order chi connectivity index (χ1) is 25.9. The molecule has 13 heteroatoms. The molecule has 1 aliphatic heterocycles. The van der Waals surface area contributed by atoms with Crippen LogP contribution in [-0.2, 0) is 35.8 Å². The van der Waals surface area contributed by atoms with Gasteiger partial charge < -0.3 is 28.8 Å². The molecule has 2 amide bonds. The Morgan fingerprint density at radius 2 is 1.80 bits per heavy atom. The van der Waals surface area contributed by atoms with Gasteiger partial charge in [0.05, 0.1) is 23.5 Å². The number of rotatable bonds is 17. The van der Waals surface area contributed by atoms with E-state index in [9.17, 15) is 19.2 Å². The van der Waals surface area contributed by atoms with Gasteiger partial charge in [-0.2, -0.15) is 0 Å². The molecule has 3 aliphatic rings. The fraction of sp³-hybridized carbons (Fsp3) is 0.512. The maximum absolute atomic E-state index is 14.0. The molecule has 1 aromatic carbocycles. The number of fused-ring (bicyclic) bond motifs is 2. The molecule has 286 valence electrons. The number of nitrogens with one attached hydrogen (secondary N) is 1. The zero-order valence-corrected chi connectivity index (χ0v) is 33.1. The summed E-state index contributed by atoms with van der Waals surface area (Å²) >= 11 is 0. The average Bonchev–Trinajstić information content (AvgIpc) is 4.08. The fourth-order valence-corrected chi connectivity index (χ4v) is 7.88. The van der Waals surface area contributed by atoms with E-state index in [2.05, 4.69) is 25.0 Å². The van der Waals surface area contributed by atoms with E-state index in [1.54, 1.807) is 17.3 Å². The van der Waals surface area contributed by atoms with Crippen LogP contribution in [0.3, 0.4) is 0 Å². The number of hydrogen-bond donors (Lipinski definition) is 1. The number of aryl methyl sites for hydroxylation is 1. The van der Waals surface area contributed by atoms with E-state index in [0.717, 1.165) is 43.0 Å². The van der Waals surface area contributed by atoms with E-state index >= 15 is 0 Å². The van der Waals surface area contributed by atoms with Gasteiger partial charge in [0.2, 0.25) is 5.43 Å². The van der Waals surface area contributed by atoms with Crippen molar-refractivity contribution in [2.75, 3.05) is 13.2 Å². The summed E-state index contributed by atoms with van der Waals surface area (Å²) in [4.78, 5) is 66.8. The zero-order chi connectivity index (χ0) is 38.1. The van der Waals surface area contributed by atoms with Crippen LogP contribution in [0.5, 0.6) is 5.75 Å². The SMILES string of the molecule is CC(C)N1CCn2c(CCC(=O)[C@H](NC(=O)c3cn(COCC[Si](C)(C)C)c4ncc(C5CC5)nc34)C3CC3)cc(=O)c(OCc3ccccc3)c2C1=O. The van der Waals surface area contributed by atoms with Crippen molar-refractivity contribution < 1.29 is 23.9 Å². The Bertz CT molecular complexity index is 2100. The molecule has 1 atom stereocenters. The summed E-state index contributed by atoms with van der Waals surface area (Å²) in [7, 11) is -1.27. The first-order valence-electron chi connectivity index (χ1n) is 19.4. The molecule has 4 heterocycles. The predicted molar refractivity (Wildman–Crippen MR) is 209 cm³/mol. The van der Waals surface area contributed by atoms with Gasteiger partial charge in [0.25, 0.3) is 11.8 Å². The number of carbonyl (C=O) groups is 3. The molecular formula is C41H52N6O6Si. The van der Waals surface area contributed by atoms with Crippen LogP contribution in [0.4, 0.5) is 0 Å². The molecule has 0 bridgehead atoms. The lowest BCUT2D eigenvalue weighted by molar-refractivity contribution is -0.121. The highest BCUT2D eigenvalue weighted by atomic mass is 28.3. The van der Waals surface area contributed by atoms with Crippen LogP contribution in [0, 0.1) is 5.92 Å². The van der Waals surface area contributed by atoms with Crippen LogP contribution in [0.25, 0.3) is 11.2 Å². The molecule has 12 nitrogen and oxygen atoms in total. The quantitative estimate of drug-likeness (QED) is 0.103.